The monoisotopic (exact) mass is 250 g/mol. The van der Waals surface area contributed by atoms with Gasteiger partial charge in [0.2, 0.25) is 0 Å². The van der Waals surface area contributed by atoms with Crippen LogP contribution in [0.1, 0.15) is 10.5 Å². The third-order valence-electron chi connectivity index (χ3n) is 3.90. The highest BCUT2D eigenvalue weighted by atomic mass is 16.6. The summed E-state index contributed by atoms with van der Waals surface area (Å²) in [6.45, 7) is 1.89. The van der Waals surface area contributed by atoms with Crippen LogP contribution in [0.2, 0.25) is 0 Å². The highest BCUT2D eigenvalue weighted by Gasteiger charge is 2.53. The molecule has 1 saturated heterocycles. The fraction of sp³-hybridized carbons (Fsp3) is 0.545. The second-order valence-corrected chi connectivity index (χ2v) is 4.88. The summed E-state index contributed by atoms with van der Waals surface area (Å²) in [5, 5.41) is 16.9. The minimum atomic E-state index is -0.493. The van der Waals surface area contributed by atoms with E-state index >= 15 is 0 Å². The number of nitrogens with one attached hydrogen (secondary N) is 2. The molecule has 7 nitrogen and oxygen atoms in total. The number of amides is 1. The summed E-state index contributed by atoms with van der Waals surface area (Å²) in [7, 11) is 1.53. The Bertz CT molecular complexity index is 514. The zero-order valence-electron chi connectivity index (χ0n) is 9.92. The van der Waals surface area contributed by atoms with Gasteiger partial charge in [-0.15, -0.1) is 0 Å². The number of nitrogens with zero attached hydrogens (tertiary/aromatic N) is 2. The molecule has 0 spiro atoms. The van der Waals surface area contributed by atoms with Gasteiger partial charge < -0.3 is 20.7 Å². The molecule has 0 radical (unpaired) electrons. The van der Waals surface area contributed by atoms with Crippen molar-refractivity contribution < 1.29 is 9.72 Å². The number of rotatable bonds is 3. The van der Waals surface area contributed by atoms with Crippen LogP contribution in [0.15, 0.2) is 12.1 Å². The van der Waals surface area contributed by atoms with Gasteiger partial charge in [0.1, 0.15) is 0 Å². The predicted molar refractivity (Wildman–Crippen MR) is 63.2 cm³/mol. The molecule has 2 unspecified atom stereocenters. The van der Waals surface area contributed by atoms with Crippen LogP contribution in [0.3, 0.4) is 0 Å². The summed E-state index contributed by atoms with van der Waals surface area (Å²) in [4.78, 5) is 22.2. The summed E-state index contributed by atoms with van der Waals surface area (Å²) in [6.07, 6.45) is 0. The van der Waals surface area contributed by atoms with E-state index in [1.807, 2.05) is 0 Å². The van der Waals surface area contributed by atoms with Gasteiger partial charge in [0.25, 0.3) is 5.91 Å². The van der Waals surface area contributed by atoms with E-state index in [0.717, 1.165) is 13.1 Å². The smallest absolute Gasteiger partial charge is 0.323 e. The van der Waals surface area contributed by atoms with Crippen LogP contribution in [0.4, 0.5) is 5.82 Å². The fourth-order valence-electron chi connectivity index (χ4n) is 2.77. The summed E-state index contributed by atoms with van der Waals surface area (Å²) in [5.41, 5.74) is 0.333. The van der Waals surface area contributed by atoms with Gasteiger partial charge in [0.15, 0.2) is 5.69 Å². The molecule has 1 aliphatic heterocycles. The average Bonchev–Trinajstić information content (AvgIpc) is 2.72. The van der Waals surface area contributed by atoms with E-state index in [1.54, 1.807) is 0 Å². The molecule has 2 N–H and O–H groups in total. The van der Waals surface area contributed by atoms with E-state index in [1.165, 1.54) is 23.7 Å². The number of aromatic nitrogens is 1. The van der Waals surface area contributed by atoms with Gasteiger partial charge in [0.05, 0.1) is 7.05 Å². The van der Waals surface area contributed by atoms with Gasteiger partial charge in [-0.2, -0.15) is 0 Å². The molecule has 1 saturated carbocycles. The molecule has 1 aliphatic carbocycles. The van der Waals surface area contributed by atoms with Crippen LogP contribution in [-0.4, -0.2) is 34.5 Å². The zero-order chi connectivity index (χ0) is 12.9. The second-order valence-electron chi connectivity index (χ2n) is 4.88. The molecule has 18 heavy (non-hydrogen) atoms. The lowest BCUT2D eigenvalue weighted by atomic mass is 10.3. The van der Waals surface area contributed by atoms with Crippen molar-refractivity contribution in [1.82, 2.24) is 15.2 Å². The lowest BCUT2D eigenvalue weighted by molar-refractivity contribution is -0.391. The third kappa shape index (κ3) is 1.59. The Morgan fingerprint density at radius 1 is 1.50 bits per heavy atom. The van der Waals surface area contributed by atoms with Crippen molar-refractivity contribution >= 4 is 11.7 Å². The average molecular weight is 250 g/mol. The number of hydrogen-bond donors (Lipinski definition) is 2. The molecule has 1 amide bonds. The zero-order valence-corrected chi connectivity index (χ0v) is 9.92. The molecule has 1 aromatic heterocycles. The molecule has 0 bridgehead atoms. The Morgan fingerprint density at radius 3 is 2.72 bits per heavy atom. The number of hydrogen-bond acceptors (Lipinski definition) is 4. The first-order chi connectivity index (χ1) is 8.59. The maximum absolute atomic E-state index is 12.0. The second kappa shape index (κ2) is 3.81. The minimum absolute atomic E-state index is 0.0715. The topological polar surface area (TPSA) is 89.2 Å². The van der Waals surface area contributed by atoms with Crippen molar-refractivity contribution in [3.05, 3.63) is 27.9 Å². The van der Waals surface area contributed by atoms with Gasteiger partial charge in [-0.05, 0) is 22.8 Å². The van der Waals surface area contributed by atoms with Gasteiger partial charge in [0, 0.05) is 25.2 Å². The largest absolute Gasteiger partial charge is 0.358 e. The Labute approximate surface area is 103 Å². The van der Waals surface area contributed by atoms with Gasteiger partial charge in [-0.25, -0.2) is 4.57 Å². The van der Waals surface area contributed by atoms with Crippen molar-refractivity contribution in [3.63, 3.8) is 0 Å². The van der Waals surface area contributed by atoms with Crippen LogP contribution in [0.5, 0.6) is 0 Å². The SMILES string of the molecule is Cn1c(C(=O)NC2C3CNCC32)ccc1[N+](=O)[O-]. The Balaban J connectivity index is 1.71. The van der Waals surface area contributed by atoms with E-state index in [2.05, 4.69) is 10.6 Å². The third-order valence-corrected chi connectivity index (χ3v) is 3.90. The van der Waals surface area contributed by atoms with Gasteiger partial charge in [-0.3, -0.25) is 4.79 Å². The molecular weight excluding hydrogens is 236 g/mol. The van der Waals surface area contributed by atoms with E-state index in [4.69, 9.17) is 0 Å². The maximum atomic E-state index is 12.0. The first kappa shape index (κ1) is 11.2. The Kier molecular flexibility index (Phi) is 2.37. The van der Waals surface area contributed by atoms with E-state index in [9.17, 15) is 14.9 Å². The molecule has 2 aliphatic rings. The van der Waals surface area contributed by atoms with Crippen molar-refractivity contribution in [3.8, 4) is 0 Å². The summed E-state index contributed by atoms with van der Waals surface area (Å²) >= 11 is 0. The normalized spacial score (nSPS) is 28.8. The predicted octanol–water partition coefficient (Wildman–Crippen LogP) is -0.119. The van der Waals surface area contributed by atoms with Crippen molar-refractivity contribution in [2.24, 2.45) is 18.9 Å². The maximum Gasteiger partial charge on any atom is 0.323 e. The molecule has 0 aromatic carbocycles. The highest BCUT2D eigenvalue weighted by Crippen LogP contribution is 2.41. The first-order valence-electron chi connectivity index (χ1n) is 5.91. The summed E-state index contributed by atoms with van der Waals surface area (Å²) in [6, 6.07) is 3.07. The quantitative estimate of drug-likeness (QED) is 0.578. The molecule has 96 valence electrons. The molecule has 7 heteroatoms. The Hall–Kier alpha value is -1.89. The fourth-order valence-corrected chi connectivity index (χ4v) is 2.77. The molecule has 2 atom stereocenters. The van der Waals surface area contributed by atoms with E-state index in [-0.39, 0.29) is 17.8 Å². The number of piperidine rings is 1. The van der Waals surface area contributed by atoms with Crippen LogP contribution >= 0.6 is 0 Å². The highest BCUT2D eigenvalue weighted by molar-refractivity contribution is 5.93. The van der Waals surface area contributed by atoms with E-state index in [0.29, 0.717) is 17.5 Å². The molecular formula is C11H14N4O3. The summed E-state index contributed by atoms with van der Waals surface area (Å²) in [5.74, 6) is 0.760. The lowest BCUT2D eigenvalue weighted by Crippen LogP contribution is -2.33. The van der Waals surface area contributed by atoms with Crippen molar-refractivity contribution in [2.45, 2.75) is 6.04 Å². The molecule has 2 heterocycles. The lowest BCUT2D eigenvalue weighted by Gasteiger charge is -2.06. The first-order valence-corrected chi connectivity index (χ1v) is 5.91. The molecule has 3 rings (SSSR count). The number of carbonyl (C=O) groups excluding carboxylic acids is 1. The van der Waals surface area contributed by atoms with E-state index < -0.39 is 4.92 Å². The van der Waals surface area contributed by atoms with Gasteiger partial charge >= 0.3 is 5.82 Å². The standard InChI is InChI=1S/C11H14N4O3/c1-14-8(2-3-9(14)15(17)18)11(16)13-10-6-4-12-5-7(6)10/h2-3,6-7,10,12H,4-5H2,1H3,(H,13,16). The Morgan fingerprint density at radius 2 is 2.17 bits per heavy atom. The minimum Gasteiger partial charge on any atom is -0.358 e. The van der Waals surface area contributed by atoms with Crippen LogP contribution in [0.25, 0.3) is 0 Å². The number of nitro groups is 1. The van der Waals surface area contributed by atoms with Gasteiger partial charge in [-0.1, -0.05) is 0 Å². The van der Waals surface area contributed by atoms with Crippen LogP contribution in [-0.2, 0) is 7.05 Å². The summed E-state index contributed by atoms with van der Waals surface area (Å²) < 4.78 is 1.31. The molecule has 2 fully saturated rings. The number of fused-ring (bicyclic) bond motifs is 1. The molecule has 1 aromatic rings. The van der Waals surface area contributed by atoms with Crippen molar-refractivity contribution in [2.75, 3.05) is 13.1 Å². The van der Waals surface area contributed by atoms with Crippen molar-refractivity contribution in [1.29, 1.82) is 0 Å². The number of carbonyl (C=O) groups is 1. The van der Waals surface area contributed by atoms with Crippen LogP contribution in [0, 0.1) is 22.0 Å². The van der Waals surface area contributed by atoms with Crippen LogP contribution < -0.4 is 10.6 Å².